The first-order valence-electron chi connectivity index (χ1n) is 5.62. The Bertz CT molecular complexity index is 299. The molecule has 0 aromatic heterocycles. The maximum Gasteiger partial charge on any atom is 0.130 e. The minimum atomic E-state index is -0.561. The number of aliphatic imine (C=N–C) groups is 1. The van der Waals surface area contributed by atoms with Crippen LogP contribution in [-0.4, -0.2) is 37.0 Å². The van der Waals surface area contributed by atoms with Crippen LogP contribution in [0.2, 0.25) is 0 Å². The van der Waals surface area contributed by atoms with Crippen LogP contribution < -0.4 is 5.73 Å². The monoisotopic (exact) mass is 225 g/mol. The lowest BCUT2D eigenvalue weighted by molar-refractivity contribution is 0.163. The SMILES string of the molecule is C/C=C1/C=CN=C1N.CN1CCCC(F)C1. The number of amidine groups is 1. The number of hydrogen-bond donors (Lipinski definition) is 1. The molecule has 90 valence electrons. The summed E-state index contributed by atoms with van der Waals surface area (Å²) in [5.74, 6) is 0.618. The van der Waals surface area contributed by atoms with E-state index in [2.05, 4.69) is 4.99 Å². The van der Waals surface area contributed by atoms with Gasteiger partial charge in [-0.25, -0.2) is 9.38 Å². The molecule has 1 atom stereocenters. The first-order chi connectivity index (χ1) is 7.63. The molecule has 0 aromatic carbocycles. The van der Waals surface area contributed by atoms with Gasteiger partial charge in [0.2, 0.25) is 0 Å². The van der Waals surface area contributed by atoms with E-state index in [4.69, 9.17) is 5.73 Å². The molecule has 2 rings (SSSR count). The largest absolute Gasteiger partial charge is 0.383 e. The second kappa shape index (κ2) is 6.43. The number of alkyl halides is 1. The smallest absolute Gasteiger partial charge is 0.130 e. The summed E-state index contributed by atoms with van der Waals surface area (Å²) < 4.78 is 12.4. The first-order valence-corrected chi connectivity index (χ1v) is 5.62. The van der Waals surface area contributed by atoms with Crippen LogP contribution in [0.15, 0.2) is 28.9 Å². The van der Waals surface area contributed by atoms with E-state index < -0.39 is 6.17 Å². The van der Waals surface area contributed by atoms with Crippen molar-refractivity contribution in [3.63, 3.8) is 0 Å². The highest BCUT2D eigenvalue weighted by Gasteiger charge is 2.14. The van der Waals surface area contributed by atoms with Crippen LogP contribution >= 0.6 is 0 Å². The molecule has 2 N–H and O–H groups in total. The lowest BCUT2D eigenvalue weighted by Gasteiger charge is -2.24. The Hall–Kier alpha value is -1.16. The van der Waals surface area contributed by atoms with Gasteiger partial charge in [0.25, 0.3) is 0 Å². The van der Waals surface area contributed by atoms with E-state index in [0.29, 0.717) is 12.4 Å². The van der Waals surface area contributed by atoms with Crippen molar-refractivity contribution in [3.05, 3.63) is 23.9 Å². The molecule has 0 saturated carbocycles. The Kier molecular flexibility index (Phi) is 5.19. The van der Waals surface area contributed by atoms with E-state index >= 15 is 0 Å². The number of allylic oxidation sites excluding steroid dienone is 1. The molecule has 1 fully saturated rings. The molecule has 0 spiro atoms. The molecular weight excluding hydrogens is 205 g/mol. The molecule has 2 aliphatic heterocycles. The summed E-state index contributed by atoms with van der Waals surface area (Å²) in [5, 5.41) is 0. The third-order valence-electron chi connectivity index (χ3n) is 2.64. The fourth-order valence-electron chi connectivity index (χ4n) is 1.71. The minimum absolute atomic E-state index is 0.561. The molecule has 1 saturated heterocycles. The van der Waals surface area contributed by atoms with E-state index in [1.54, 1.807) is 6.20 Å². The fraction of sp³-hybridized carbons (Fsp3) is 0.583. The third kappa shape index (κ3) is 4.14. The Balaban J connectivity index is 0.000000160. The van der Waals surface area contributed by atoms with Gasteiger partial charge in [-0.05, 0) is 39.4 Å². The van der Waals surface area contributed by atoms with Crippen LogP contribution in [0.3, 0.4) is 0 Å². The maximum absolute atomic E-state index is 12.4. The second-order valence-corrected chi connectivity index (χ2v) is 4.08. The van der Waals surface area contributed by atoms with E-state index in [0.717, 1.165) is 25.0 Å². The normalized spacial score (nSPS) is 27.6. The Morgan fingerprint density at radius 1 is 1.62 bits per heavy atom. The standard InChI is InChI=1S/C6H12FN.C6H8N2/c1-8-4-2-3-6(7)5-8;1-2-5-3-4-8-6(5)7/h6H,2-5H2,1H3;2-4H,1H3,(H2,7,8)/b;5-2-. The lowest BCUT2D eigenvalue weighted by atomic mass is 10.1. The first kappa shape index (κ1) is 12.9. The summed E-state index contributed by atoms with van der Waals surface area (Å²) in [7, 11) is 1.96. The molecule has 3 nitrogen and oxygen atoms in total. The second-order valence-electron chi connectivity index (χ2n) is 4.08. The van der Waals surface area contributed by atoms with E-state index in [-0.39, 0.29) is 0 Å². The summed E-state index contributed by atoms with van der Waals surface area (Å²) in [6.45, 7) is 3.65. The zero-order valence-corrected chi connectivity index (χ0v) is 9.99. The third-order valence-corrected chi connectivity index (χ3v) is 2.64. The average Bonchev–Trinajstić information content (AvgIpc) is 2.64. The van der Waals surface area contributed by atoms with Crippen molar-refractivity contribution in [1.82, 2.24) is 4.90 Å². The van der Waals surface area contributed by atoms with Crippen molar-refractivity contribution in [2.45, 2.75) is 25.9 Å². The zero-order chi connectivity index (χ0) is 12.0. The number of nitrogens with two attached hydrogens (primary N) is 1. The minimum Gasteiger partial charge on any atom is -0.383 e. The highest BCUT2D eigenvalue weighted by atomic mass is 19.1. The Morgan fingerprint density at radius 2 is 2.38 bits per heavy atom. The fourth-order valence-corrected chi connectivity index (χ4v) is 1.71. The van der Waals surface area contributed by atoms with Gasteiger partial charge in [-0.15, -0.1) is 0 Å². The summed E-state index contributed by atoms with van der Waals surface area (Å²) in [4.78, 5) is 5.87. The predicted octanol–water partition coefficient (Wildman–Crippen LogP) is 1.87. The van der Waals surface area contributed by atoms with Gasteiger partial charge in [-0.1, -0.05) is 6.08 Å². The van der Waals surface area contributed by atoms with Gasteiger partial charge >= 0.3 is 0 Å². The zero-order valence-electron chi connectivity index (χ0n) is 9.99. The highest BCUT2D eigenvalue weighted by molar-refractivity contribution is 6.01. The predicted molar refractivity (Wildman–Crippen MR) is 66.1 cm³/mol. The molecule has 0 radical (unpaired) electrons. The Morgan fingerprint density at radius 3 is 2.69 bits per heavy atom. The van der Waals surface area contributed by atoms with Crippen molar-refractivity contribution < 1.29 is 4.39 Å². The molecule has 0 aliphatic carbocycles. The average molecular weight is 225 g/mol. The summed E-state index contributed by atoms with van der Waals surface area (Å²) in [5.41, 5.74) is 6.43. The van der Waals surface area contributed by atoms with Crippen LogP contribution in [0, 0.1) is 0 Å². The van der Waals surface area contributed by atoms with E-state index in [1.807, 2.05) is 31.0 Å². The van der Waals surface area contributed by atoms with Crippen molar-refractivity contribution >= 4 is 5.84 Å². The van der Waals surface area contributed by atoms with Crippen molar-refractivity contribution in [1.29, 1.82) is 0 Å². The molecule has 4 heteroatoms. The molecule has 0 aromatic rings. The van der Waals surface area contributed by atoms with Crippen molar-refractivity contribution in [2.24, 2.45) is 10.7 Å². The number of halogens is 1. The number of nitrogens with zero attached hydrogens (tertiary/aromatic N) is 2. The van der Waals surface area contributed by atoms with E-state index in [9.17, 15) is 4.39 Å². The number of hydrogen-bond acceptors (Lipinski definition) is 3. The van der Waals surface area contributed by atoms with Gasteiger partial charge in [-0.3, -0.25) is 0 Å². The molecule has 0 amide bonds. The number of likely N-dealkylation sites (tertiary alicyclic amines) is 1. The number of piperidine rings is 1. The molecule has 2 aliphatic rings. The quantitative estimate of drug-likeness (QED) is 0.683. The molecule has 2 heterocycles. The van der Waals surface area contributed by atoms with Crippen LogP contribution in [0.5, 0.6) is 0 Å². The maximum atomic E-state index is 12.4. The molecule has 16 heavy (non-hydrogen) atoms. The van der Waals surface area contributed by atoms with Gasteiger partial charge in [0.05, 0.1) is 0 Å². The van der Waals surface area contributed by atoms with Gasteiger partial charge in [0, 0.05) is 18.3 Å². The molecule has 1 unspecified atom stereocenters. The van der Waals surface area contributed by atoms with Gasteiger partial charge in [0.1, 0.15) is 12.0 Å². The number of rotatable bonds is 0. The van der Waals surface area contributed by atoms with Crippen LogP contribution in [0.25, 0.3) is 0 Å². The van der Waals surface area contributed by atoms with Crippen LogP contribution in [-0.2, 0) is 0 Å². The topological polar surface area (TPSA) is 41.6 Å². The van der Waals surface area contributed by atoms with Crippen LogP contribution in [0.4, 0.5) is 4.39 Å². The van der Waals surface area contributed by atoms with E-state index in [1.165, 1.54) is 0 Å². The Labute approximate surface area is 96.5 Å². The van der Waals surface area contributed by atoms with Gasteiger partial charge < -0.3 is 10.6 Å². The lowest BCUT2D eigenvalue weighted by Crippen LogP contribution is -2.32. The van der Waals surface area contributed by atoms with Crippen molar-refractivity contribution in [2.75, 3.05) is 20.1 Å². The highest BCUT2D eigenvalue weighted by Crippen LogP contribution is 2.09. The van der Waals surface area contributed by atoms with Gasteiger partial charge in [-0.2, -0.15) is 0 Å². The molecule has 0 bridgehead atoms. The summed E-state index contributed by atoms with van der Waals surface area (Å²) >= 11 is 0. The molecular formula is C12H20FN3. The summed E-state index contributed by atoms with van der Waals surface area (Å²) in [6, 6.07) is 0. The van der Waals surface area contributed by atoms with Crippen molar-refractivity contribution in [3.8, 4) is 0 Å². The van der Waals surface area contributed by atoms with Gasteiger partial charge in [0.15, 0.2) is 0 Å². The van der Waals surface area contributed by atoms with Crippen LogP contribution in [0.1, 0.15) is 19.8 Å². The summed E-state index contributed by atoms with van der Waals surface area (Å²) in [6.07, 6.45) is 6.75.